The first-order valence-electron chi connectivity index (χ1n) is 11.6. The molecule has 0 saturated heterocycles. The SMILES string of the molecule is CCCCCCCCCCCCCC[N+](C)(C)CC(=O)O.O=S(=O)([N-]S(=O)(=O)C(F)(F)F)C(F)(F)F. The molecule has 8 nitrogen and oxygen atoms in total. The van der Waals surface area contributed by atoms with Crippen molar-refractivity contribution in [2.75, 3.05) is 27.2 Å². The number of sulfonamides is 2. The van der Waals surface area contributed by atoms with Crippen LogP contribution in [0, 0.1) is 0 Å². The Labute approximate surface area is 210 Å². The van der Waals surface area contributed by atoms with Gasteiger partial charge in [-0.05, 0) is 12.8 Å². The standard InChI is InChI=1S/C18H37NO2.C2F6NO4S2/c1-4-5-6-7-8-9-10-11-12-13-14-15-16-19(2,3)17-18(20)21;3-1(4,5)14(10,11)9-15(12,13)2(6,7)8/h4-17H2,1-3H3;/q;-1/p+1. The van der Waals surface area contributed by atoms with Crippen LogP contribution in [0.5, 0.6) is 0 Å². The van der Waals surface area contributed by atoms with Crippen LogP contribution in [0.25, 0.3) is 4.13 Å². The van der Waals surface area contributed by atoms with Crippen molar-refractivity contribution in [1.29, 1.82) is 0 Å². The fourth-order valence-corrected chi connectivity index (χ4v) is 4.75. The Kier molecular flexibility index (Phi) is 17.1. The lowest BCUT2D eigenvalue weighted by molar-refractivity contribution is -0.883. The number of nitrogens with zero attached hydrogens (tertiary/aromatic N) is 2. The zero-order chi connectivity index (χ0) is 28.7. The van der Waals surface area contributed by atoms with Gasteiger partial charge in [-0.3, -0.25) is 0 Å². The fourth-order valence-electron chi connectivity index (χ4n) is 3.04. The van der Waals surface area contributed by atoms with E-state index < -0.39 is 37.0 Å². The van der Waals surface area contributed by atoms with E-state index in [1.54, 1.807) is 0 Å². The van der Waals surface area contributed by atoms with E-state index in [0.29, 0.717) is 4.48 Å². The summed E-state index contributed by atoms with van der Waals surface area (Å²) >= 11 is 0. The Morgan fingerprint density at radius 1 is 0.694 bits per heavy atom. The molecule has 0 atom stereocenters. The van der Waals surface area contributed by atoms with Crippen LogP contribution in [-0.2, 0) is 24.8 Å². The Hall–Kier alpha value is -1.13. The van der Waals surface area contributed by atoms with E-state index in [4.69, 9.17) is 5.11 Å². The number of carboxylic acids is 1. The number of unbranched alkanes of at least 4 members (excludes halogenated alkanes) is 11. The molecule has 1 N–H and O–H groups in total. The van der Waals surface area contributed by atoms with Gasteiger partial charge in [-0.1, -0.05) is 71.1 Å². The molecule has 0 saturated carbocycles. The van der Waals surface area contributed by atoms with Crippen molar-refractivity contribution in [2.45, 2.75) is 95.0 Å². The van der Waals surface area contributed by atoms with Gasteiger partial charge in [0.15, 0.2) is 26.6 Å². The summed E-state index contributed by atoms with van der Waals surface area (Å²) < 4.78 is 110. The molecule has 0 fully saturated rings. The molecule has 0 amide bonds. The molecule has 0 aromatic heterocycles. The largest absolute Gasteiger partial charge is 0.480 e. The van der Waals surface area contributed by atoms with Crippen LogP contribution >= 0.6 is 0 Å². The molecule has 0 aliphatic rings. The van der Waals surface area contributed by atoms with Gasteiger partial charge in [0, 0.05) is 0 Å². The summed E-state index contributed by atoms with van der Waals surface area (Å²) in [5, 5.41) is 8.82. The second-order valence-corrected chi connectivity index (χ2v) is 12.4. The molecule has 0 rings (SSSR count). The lowest BCUT2D eigenvalue weighted by atomic mass is 10.1. The maximum absolute atomic E-state index is 11.4. The summed E-state index contributed by atoms with van der Waals surface area (Å²) in [6.45, 7) is 3.48. The van der Waals surface area contributed by atoms with Gasteiger partial charge >= 0.3 is 17.0 Å². The normalized spacial score (nSPS) is 13.2. The molecule has 0 aromatic rings. The minimum Gasteiger partial charge on any atom is -0.477 e. The lowest BCUT2D eigenvalue weighted by Crippen LogP contribution is -2.44. The Morgan fingerprint density at radius 2 is 1.00 bits per heavy atom. The number of likely N-dealkylation sites (N-methyl/N-ethyl adjacent to an activating group) is 1. The van der Waals surface area contributed by atoms with Gasteiger partial charge < -0.3 is 13.7 Å². The van der Waals surface area contributed by atoms with Gasteiger partial charge in [0.25, 0.3) is 0 Å². The van der Waals surface area contributed by atoms with Crippen LogP contribution in [0.4, 0.5) is 26.3 Å². The number of aliphatic carboxylic acids is 1. The van der Waals surface area contributed by atoms with E-state index in [1.165, 1.54) is 70.6 Å². The zero-order valence-electron chi connectivity index (χ0n) is 20.9. The van der Waals surface area contributed by atoms with Crippen molar-refractivity contribution in [3.05, 3.63) is 4.13 Å². The molecule has 218 valence electrons. The summed E-state index contributed by atoms with van der Waals surface area (Å²) in [4.78, 5) is 10.7. The minimum absolute atomic E-state index is 0.234. The van der Waals surface area contributed by atoms with Crippen molar-refractivity contribution < 1.29 is 57.6 Å². The van der Waals surface area contributed by atoms with Gasteiger partial charge in [0.05, 0.1) is 20.6 Å². The second kappa shape index (κ2) is 16.7. The molecule has 0 aliphatic carbocycles. The average Bonchev–Trinajstić information content (AvgIpc) is 2.65. The number of rotatable bonds is 17. The van der Waals surface area contributed by atoms with Crippen LogP contribution in [0.2, 0.25) is 0 Å². The number of quaternary nitrogens is 1. The average molecular weight is 581 g/mol. The third-order valence-electron chi connectivity index (χ3n) is 4.96. The summed E-state index contributed by atoms with van der Waals surface area (Å²) in [5.41, 5.74) is -12.4. The van der Waals surface area contributed by atoms with Crippen molar-refractivity contribution >= 4 is 26.0 Å². The monoisotopic (exact) mass is 580 g/mol. The van der Waals surface area contributed by atoms with Crippen LogP contribution in [-0.4, -0.2) is 70.6 Å². The quantitative estimate of drug-likeness (QED) is 0.130. The Balaban J connectivity index is 0. The highest BCUT2D eigenvalue weighted by molar-refractivity contribution is 8.13. The van der Waals surface area contributed by atoms with Gasteiger partial charge in [-0.15, -0.1) is 0 Å². The van der Waals surface area contributed by atoms with Crippen molar-refractivity contribution in [2.24, 2.45) is 0 Å². The van der Waals surface area contributed by atoms with Crippen LogP contribution in [0.3, 0.4) is 0 Å². The van der Waals surface area contributed by atoms with Gasteiger partial charge in [0.2, 0.25) is 0 Å². The van der Waals surface area contributed by atoms with E-state index in [1.807, 2.05) is 14.1 Å². The van der Waals surface area contributed by atoms with Crippen LogP contribution in [0.15, 0.2) is 0 Å². The highest BCUT2D eigenvalue weighted by atomic mass is 32.3. The lowest BCUT2D eigenvalue weighted by Gasteiger charge is -2.27. The third kappa shape index (κ3) is 18.2. The fraction of sp³-hybridized carbons (Fsp3) is 0.950. The first-order valence-corrected chi connectivity index (χ1v) is 14.5. The maximum Gasteiger partial charge on any atom is 0.480 e. The molecule has 0 radical (unpaired) electrons. The van der Waals surface area contributed by atoms with Crippen molar-refractivity contribution in [3.8, 4) is 0 Å². The number of alkyl halides is 6. The first-order chi connectivity index (χ1) is 16.2. The van der Waals surface area contributed by atoms with Crippen LogP contribution < -0.4 is 0 Å². The highest BCUT2D eigenvalue weighted by Crippen LogP contribution is 2.36. The molecule has 0 aromatic carbocycles. The first kappa shape index (κ1) is 37.0. The summed E-state index contributed by atoms with van der Waals surface area (Å²) in [5.74, 6) is -0.695. The van der Waals surface area contributed by atoms with E-state index in [9.17, 15) is 48.0 Å². The third-order valence-corrected chi connectivity index (χ3v) is 7.70. The van der Waals surface area contributed by atoms with Gasteiger partial charge in [-0.2, -0.15) is 26.3 Å². The van der Waals surface area contributed by atoms with Crippen molar-refractivity contribution in [3.63, 3.8) is 0 Å². The predicted molar refractivity (Wildman–Crippen MR) is 124 cm³/mol. The topological polar surface area (TPSA) is 120 Å². The van der Waals surface area contributed by atoms with E-state index in [2.05, 4.69) is 6.92 Å². The van der Waals surface area contributed by atoms with Gasteiger partial charge in [-0.25, -0.2) is 21.6 Å². The molecular weight excluding hydrogens is 542 g/mol. The molecule has 16 heteroatoms. The smallest absolute Gasteiger partial charge is 0.477 e. The number of hydrogen-bond acceptors (Lipinski definition) is 5. The predicted octanol–water partition coefficient (Wildman–Crippen LogP) is 5.91. The number of hydrogen-bond donors (Lipinski definition) is 1. The zero-order valence-corrected chi connectivity index (χ0v) is 22.5. The van der Waals surface area contributed by atoms with E-state index >= 15 is 0 Å². The minimum atomic E-state index is -6.72. The second-order valence-electron chi connectivity index (χ2n) is 9.02. The highest BCUT2D eigenvalue weighted by Gasteiger charge is 2.46. The maximum atomic E-state index is 11.4. The summed E-state index contributed by atoms with van der Waals surface area (Å²) in [6, 6.07) is 0. The van der Waals surface area contributed by atoms with E-state index in [0.717, 1.165) is 17.1 Å². The molecule has 0 heterocycles. The summed E-state index contributed by atoms with van der Waals surface area (Å²) in [6.07, 6.45) is 16.2. The molecule has 0 aliphatic heterocycles. The van der Waals surface area contributed by atoms with Crippen LogP contribution in [0.1, 0.15) is 84.0 Å². The van der Waals surface area contributed by atoms with Gasteiger partial charge in [0.1, 0.15) is 0 Å². The Morgan fingerprint density at radius 3 is 1.28 bits per heavy atom. The molecular formula is C20H38F6N2O6S2. The summed E-state index contributed by atoms with van der Waals surface area (Å²) in [7, 11) is -9.43. The molecule has 0 spiro atoms. The van der Waals surface area contributed by atoms with E-state index in [-0.39, 0.29) is 6.54 Å². The molecule has 0 bridgehead atoms. The number of halogens is 6. The van der Waals surface area contributed by atoms with Crippen molar-refractivity contribution in [1.82, 2.24) is 0 Å². The molecule has 0 unspecified atom stereocenters. The number of carbonyl (C=O) groups is 1. The Bertz CT molecular complexity index is 787. The number of carboxylic acid groups (broad SMARTS) is 1. The molecule has 36 heavy (non-hydrogen) atoms.